The molecule has 3 aromatic carbocycles. The van der Waals surface area contributed by atoms with Crippen LogP contribution in [0.2, 0.25) is 5.02 Å². The van der Waals surface area contributed by atoms with Crippen LogP contribution in [0.5, 0.6) is 11.5 Å². The van der Waals surface area contributed by atoms with Gasteiger partial charge in [-0.2, -0.15) is 8.42 Å². The Morgan fingerprint density at radius 2 is 1.78 bits per heavy atom. The van der Waals surface area contributed by atoms with Crippen molar-refractivity contribution < 1.29 is 26.9 Å². The summed E-state index contributed by atoms with van der Waals surface area (Å²) in [6, 6.07) is 15.5. The van der Waals surface area contributed by atoms with E-state index in [2.05, 4.69) is 5.32 Å². The van der Waals surface area contributed by atoms with E-state index in [0.717, 1.165) is 5.56 Å². The first-order chi connectivity index (χ1) is 15.3. The number of benzene rings is 3. The molecule has 7 nitrogen and oxygen atoms in total. The molecule has 0 aliphatic carbocycles. The fourth-order valence-electron chi connectivity index (χ4n) is 3.36. The topological polar surface area (TPSA) is 98.8 Å². The Hall–Kier alpha value is -3.36. The van der Waals surface area contributed by atoms with Crippen LogP contribution < -0.4 is 14.2 Å². The van der Waals surface area contributed by atoms with E-state index in [1.54, 1.807) is 30.3 Å². The van der Waals surface area contributed by atoms with Crippen molar-refractivity contribution >= 4 is 39.1 Å². The Morgan fingerprint density at radius 3 is 2.50 bits per heavy atom. The molecule has 0 saturated heterocycles. The van der Waals surface area contributed by atoms with Crippen molar-refractivity contribution in [1.82, 2.24) is 0 Å². The minimum atomic E-state index is -4.45. The van der Waals surface area contributed by atoms with Gasteiger partial charge in [0.15, 0.2) is 11.5 Å². The van der Waals surface area contributed by atoms with Crippen LogP contribution in [0.1, 0.15) is 27.9 Å². The first-order valence-electron chi connectivity index (χ1n) is 9.63. The summed E-state index contributed by atoms with van der Waals surface area (Å²) in [6.45, 7) is 0. The van der Waals surface area contributed by atoms with Crippen molar-refractivity contribution in [1.29, 1.82) is 0 Å². The van der Waals surface area contributed by atoms with Crippen LogP contribution in [0, 0.1) is 0 Å². The van der Waals surface area contributed by atoms with Crippen LogP contribution in [-0.4, -0.2) is 27.2 Å². The summed E-state index contributed by atoms with van der Waals surface area (Å²) in [5, 5.41) is 2.60. The molecule has 1 aliphatic heterocycles. The monoisotopic (exact) mass is 471 g/mol. The molecule has 0 fully saturated rings. The highest BCUT2D eigenvalue weighted by atomic mass is 35.5. The first-order valence-corrected chi connectivity index (χ1v) is 11.4. The molecule has 1 aliphatic rings. The van der Waals surface area contributed by atoms with Crippen LogP contribution in [0.15, 0.2) is 65.6 Å². The molecule has 0 bridgehead atoms. The molecule has 0 atom stereocenters. The number of methoxy groups -OCH3 is 1. The molecule has 0 spiro atoms. The van der Waals surface area contributed by atoms with Gasteiger partial charge in [-0.15, -0.1) is 0 Å². The van der Waals surface area contributed by atoms with Crippen LogP contribution in [0.25, 0.3) is 0 Å². The highest BCUT2D eigenvalue weighted by Crippen LogP contribution is 2.35. The Bertz CT molecular complexity index is 1320. The summed E-state index contributed by atoms with van der Waals surface area (Å²) in [6.07, 6.45) is 0.744. The first kappa shape index (κ1) is 21.9. The van der Waals surface area contributed by atoms with Crippen LogP contribution >= 0.6 is 11.6 Å². The van der Waals surface area contributed by atoms with E-state index < -0.39 is 15.9 Å². The summed E-state index contributed by atoms with van der Waals surface area (Å²) in [5.41, 5.74) is 1.51. The average Bonchev–Trinajstić information content (AvgIpc) is 2.78. The van der Waals surface area contributed by atoms with Gasteiger partial charge < -0.3 is 14.2 Å². The second-order valence-corrected chi connectivity index (χ2v) is 9.00. The maximum absolute atomic E-state index is 13.1. The van der Waals surface area contributed by atoms with E-state index in [4.69, 9.17) is 20.5 Å². The molecule has 0 saturated carbocycles. The van der Waals surface area contributed by atoms with E-state index in [0.29, 0.717) is 29.8 Å². The van der Waals surface area contributed by atoms with E-state index in [1.165, 1.54) is 37.4 Å². The lowest BCUT2D eigenvalue weighted by Crippen LogP contribution is -2.20. The maximum Gasteiger partial charge on any atom is 0.340 e. The van der Waals surface area contributed by atoms with Gasteiger partial charge in [0.2, 0.25) is 5.91 Å². The Balaban J connectivity index is 1.76. The second-order valence-electron chi connectivity index (χ2n) is 7.08. The lowest BCUT2D eigenvalue weighted by molar-refractivity contribution is -0.116. The maximum atomic E-state index is 13.1. The highest BCUT2D eigenvalue weighted by molar-refractivity contribution is 7.87. The molecule has 3 aromatic rings. The molecule has 32 heavy (non-hydrogen) atoms. The molecule has 1 heterocycles. The van der Waals surface area contributed by atoms with Gasteiger partial charge in [0, 0.05) is 23.7 Å². The molecule has 1 amide bonds. The van der Waals surface area contributed by atoms with Crippen LogP contribution in [0.4, 0.5) is 5.69 Å². The molecular weight excluding hydrogens is 454 g/mol. The lowest BCUT2D eigenvalue weighted by Gasteiger charge is -2.19. The van der Waals surface area contributed by atoms with Crippen LogP contribution in [0.3, 0.4) is 0 Å². The minimum absolute atomic E-state index is 0.0428. The van der Waals surface area contributed by atoms with Crippen molar-refractivity contribution in [2.75, 3.05) is 12.4 Å². The standard InChI is InChI=1S/C23H18ClNO6S/c1-30-16-8-9-17(23(27)14-5-3-2-4-6-14)20(12-16)31-32(28,29)21-13-19-15(11-18(21)24)7-10-22(26)25-19/h2-6,8-9,11-13H,7,10H2,1H3,(H,25,26). The third-order valence-electron chi connectivity index (χ3n) is 4.99. The van der Waals surface area contributed by atoms with Crippen molar-refractivity contribution in [3.63, 3.8) is 0 Å². The van der Waals surface area contributed by atoms with Gasteiger partial charge in [0.25, 0.3) is 0 Å². The zero-order valence-corrected chi connectivity index (χ0v) is 18.5. The number of anilines is 1. The van der Waals surface area contributed by atoms with E-state index >= 15 is 0 Å². The molecule has 0 aromatic heterocycles. The number of nitrogens with one attached hydrogen (secondary N) is 1. The third-order valence-corrected chi connectivity index (χ3v) is 6.69. The number of halogens is 1. The number of hydrogen-bond donors (Lipinski definition) is 1. The molecule has 164 valence electrons. The van der Waals surface area contributed by atoms with Gasteiger partial charge in [0.05, 0.1) is 17.7 Å². The quantitative estimate of drug-likeness (QED) is 0.426. The van der Waals surface area contributed by atoms with Gasteiger partial charge in [0.1, 0.15) is 10.6 Å². The summed E-state index contributed by atoms with van der Waals surface area (Å²) in [5.74, 6) is -0.519. The Kier molecular flexibility index (Phi) is 5.90. The largest absolute Gasteiger partial charge is 0.497 e. The van der Waals surface area contributed by atoms with Gasteiger partial charge in [-0.05, 0) is 36.2 Å². The van der Waals surface area contributed by atoms with Crippen molar-refractivity contribution in [2.45, 2.75) is 17.7 Å². The highest BCUT2D eigenvalue weighted by Gasteiger charge is 2.27. The normalized spacial score (nSPS) is 13.1. The fourth-order valence-corrected chi connectivity index (χ4v) is 4.86. The fraction of sp³-hybridized carbons (Fsp3) is 0.130. The number of ketones is 1. The number of aryl methyl sites for hydroxylation is 1. The average molecular weight is 472 g/mol. The summed E-state index contributed by atoms with van der Waals surface area (Å²) in [4.78, 5) is 24.4. The number of rotatable bonds is 6. The zero-order valence-electron chi connectivity index (χ0n) is 16.9. The SMILES string of the molecule is COc1ccc(C(=O)c2ccccc2)c(OS(=O)(=O)c2cc3c(cc2Cl)CCC(=O)N3)c1. The second kappa shape index (κ2) is 8.64. The number of amides is 1. The number of hydrogen-bond acceptors (Lipinski definition) is 6. The van der Waals surface area contributed by atoms with E-state index in [1.807, 2.05) is 0 Å². The van der Waals surface area contributed by atoms with Gasteiger partial charge in [-0.25, -0.2) is 0 Å². The molecule has 0 radical (unpaired) electrons. The van der Waals surface area contributed by atoms with Crippen molar-refractivity contribution in [3.8, 4) is 11.5 Å². The van der Waals surface area contributed by atoms with Gasteiger partial charge >= 0.3 is 10.1 Å². The number of fused-ring (bicyclic) bond motifs is 1. The van der Waals surface area contributed by atoms with Gasteiger partial charge in [-0.1, -0.05) is 41.9 Å². The minimum Gasteiger partial charge on any atom is -0.497 e. The lowest BCUT2D eigenvalue weighted by atomic mass is 10.0. The van der Waals surface area contributed by atoms with E-state index in [-0.39, 0.29) is 27.1 Å². The summed E-state index contributed by atoms with van der Waals surface area (Å²) in [7, 11) is -3.04. The smallest absolute Gasteiger partial charge is 0.340 e. The van der Waals surface area contributed by atoms with Gasteiger partial charge in [-0.3, -0.25) is 9.59 Å². The Labute approximate surface area is 190 Å². The van der Waals surface area contributed by atoms with E-state index in [9.17, 15) is 18.0 Å². The molecule has 0 unspecified atom stereocenters. The molecular formula is C23H18ClNO6S. The predicted octanol–water partition coefficient (Wildman–Crippen LogP) is 4.23. The number of ether oxygens (including phenoxy) is 1. The molecule has 9 heteroatoms. The number of carbonyl (C=O) groups is 2. The van der Waals surface area contributed by atoms with Crippen molar-refractivity contribution in [3.05, 3.63) is 82.4 Å². The van der Waals surface area contributed by atoms with Crippen LogP contribution in [-0.2, 0) is 21.3 Å². The number of carbonyl (C=O) groups excluding carboxylic acids is 2. The molecule has 4 rings (SSSR count). The Morgan fingerprint density at radius 1 is 1.03 bits per heavy atom. The predicted molar refractivity (Wildman–Crippen MR) is 119 cm³/mol. The zero-order chi connectivity index (χ0) is 22.9. The molecule has 1 N–H and O–H groups in total. The summed E-state index contributed by atoms with van der Waals surface area (Å²) < 4.78 is 36.8. The summed E-state index contributed by atoms with van der Waals surface area (Å²) >= 11 is 6.24. The third kappa shape index (κ3) is 4.32. The van der Waals surface area contributed by atoms with Crippen molar-refractivity contribution in [2.24, 2.45) is 0 Å².